The van der Waals surface area contributed by atoms with E-state index in [2.05, 4.69) is 20.9 Å². The van der Waals surface area contributed by atoms with Crippen LogP contribution in [0.25, 0.3) is 0 Å². The van der Waals surface area contributed by atoms with Crippen molar-refractivity contribution in [3.05, 3.63) is 52.5 Å². The average Bonchev–Trinajstić information content (AvgIpc) is 2.28. The lowest BCUT2D eigenvalue weighted by Crippen LogP contribution is -1.90. The highest BCUT2D eigenvalue weighted by atomic mass is 79.9. The zero-order valence-electron chi connectivity index (χ0n) is 8.86. The number of hydrogen-bond acceptors (Lipinski definition) is 3. The van der Waals surface area contributed by atoms with Crippen LogP contribution in [0.15, 0.2) is 46.0 Å². The van der Waals surface area contributed by atoms with Gasteiger partial charge >= 0.3 is 0 Å². The third-order valence-electron chi connectivity index (χ3n) is 2.13. The van der Waals surface area contributed by atoms with Crippen molar-refractivity contribution in [2.75, 3.05) is 5.73 Å². The van der Waals surface area contributed by atoms with Crippen LogP contribution in [0.2, 0.25) is 0 Å². The van der Waals surface area contributed by atoms with Gasteiger partial charge in [-0.2, -0.15) is 0 Å². The van der Waals surface area contributed by atoms with Crippen LogP contribution in [0.3, 0.4) is 0 Å². The van der Waals surface area contributed by atoms with Gasteiger partial charge in [-0.1, -0.05) is 0 Å². The Morgan fingerprint density at radius 1 is 1.29 bits per heavy atom. The molecule has 0 saturated carbocycles. The summed E-state index contributed by atoms with van der Waals surface area (Å²) in [7, 11) is 0. The highest BCUT2D eigenvalue weighted by Crippen LogP contribution is 2.28. The Kier molecular flexibility index (Phi) is 4.02. The number of anilines is 1. The molecule has 2 N–H and O–H groups in total. The maximum atomic E-state index is 12.9. The summed E-state index contributed by atoms with van der Waals surface area (Å²) in [5.41, 5.74) is 7.29. The summed E-state index contributed by atoms with van der Waals surface area (Å²) < 4.78 is 13.8. The molecule has 0 unspecified atom stereocenters. The fourth-order valence-electron chi connectivity index (χ4n) is 1.35. The number of nitrogen functional groups attached to an aromatic ring is 1. The molecule has 0 aliphatic rings. The molecule has 0 fully saturated rings. The van der Waals surface area contributed by atoms with Gasteiger partial charge in [0.05, 0.1) is 0 Å². The van der Waals surface area contributed by atoms with Gasteiger partial charge in [0, 0.05) is 33.2 Å². The second-order valence-electron chi connectivity index (χ2n) is 3.48. The van der Waals surface area contributed by atoms with Gasteiger partial charge in [0.25, 0.3) is 0 Å². The summed E-state index contributed by atoms with van der Waals surface area (Å²) in [6, 6.07) is 6.44. The van der Waals surface area contributed by atoms with Gasteiger partial charge in [-0.25, -0.2) is 4.39 Å². The second-order valence-corrected chi connectivity index (χ2v) is 5.42. The molecular weight excluding hydrogens is 303 g/mol. The van der Waals surface area contributed by atoms with Gasteiger partial charge in [-0.15, -0.1) is 11.8 Å². The molecule has 0 aliphatic heterocycles. The molecule has 1 heterocycles. The van der Waals surface area contributed by atoms with Crippen molar-refractivity contribution >= 4 is 33.4 Å². The molecule has 0 radical (unpaired) electrons. The van der Waals surface area contributed by atoms with E-state index < -0.39 is 0 Å². The van der Waals surface area contributed by atoms with Crippen molar-refractivity contribution in [1.82, 2.24) is 4.98 Å². The molecule has 2 rings (SSSR count). The maximum absolute atomic E-state index is 12.9. The van der Waals surface area contributed by atoms with E-state index in [0.717, 1.165) is 20.7 Å². The first kappa shape index (κ1) is 12.4. The molecule has 5 heteroatoms. The van der Waals surface area contributed by atoms with Crippen LogP contribution in [-0.2, 0) is 5.75 Å². The number of rotatable bonds is 3. The number of pyridine rings is 1. The van der Waals surface area contributed by atoms with Crippen LogP contribution in [-0.4, -0.2) is 4.98 Å². The van der Waals surface area contributed by atoms with Crippen LogP contribution >= 0.6 is 27.7 Å². The summed E-state index contributed by atoms with van der Waals surface area (Å²) in [4.78, 5) is 4.96. The molecule has 0 saturated heterocycles. The Labute approximate surface area is 112 Å². The minimum absolute atomic E-state index is 0.309. The molecule has 0 amide bonds. The number of nitrogens with two attached hydrogens (primary N) is 1. The standard InChI is InChI=1S/C12H10BrFN2S/c13-9-3-8(5-16-6-9)7-17-12-2-1-10(14)4-11(12)15/h1-6H,7,15H2. The molecule has 2 aromatic rings. The Morgan fingerprint density at radius 3 is 2.82 bits per heavy atom. The van der Waals surface area contributed by atoms with E-state index in [1.165, 1.54) is 12.1 Å². The van der Waals surface area contributed by atoms with Gasteiger partial charge < -0.3 is 5.73 Å². The van der Waals surface area contributed by atoms with Gasteiger partial charge in [0.1, 0.15) is 5.82 Å². The Hall–Kier alpha value is -1.07. The van der Waals surface area contributed by atoms with E-state index in [1.807, 2.05) is 6.07 Å². The topological polar surface area (TPSA) is 38.9 Å². The summed E-state index contributed by atoms with van der Waals surface area (Å²) in [6.07, 6.45) is 3.54. The molecule has 0 atom stereocenters. The molecule has 17 heavy (non-hydrogen) atoms. The van der Waals surface area contributed by atoms with Crippen molar-refractivity contribution in [1.29, 1.82) is 0 Å². The van der Waals surface area contributed by atoms with E-state index in [1.54, 1.807) is 30.2 Å². The number of benzene rings is 1. The van der Waals surface area contributed by atoms with Crippen LogP contribution in [0.1, 0.15) is 5.56 Å². The first-order valence-electron chi connectivity index (χ1n) is 4.92. The van der Waals surface area contributed by atoms with Crippen LogP contribution in [0.5, 0.6) is 0 Å². The predicted molar refractivity (Wildman–Crippen MR) is 72.3 cm³/mol. The minimum atomic E-state index is -0.309. The minimum Gasteiger partial charge on any atom is -0.398 e. The number of nitrogens with zero attached hydrogens (tertiary/aromatic N) is 1. The molecule has 2 nitrogen and oxygen atoms in total. The lowest BCUT2D eigenvalue weighted by molar-refractivity contribution is 0.627. The van der Waals surface area contributed by atoms with Gasteiger partial charge in [0.2, 0.25) is 0 Å². The molecule has 0 aliphatic carbocycles. The van der Waals surface area contributed by atoms with E-state index in [0.29, 0.717) is 5.69 Å². The molecule has 88 valence electrons. The van der Waals surface area contributed by atoms with E-state index in [4.69, 9.17) is 5.73 Å². The van der Waals surface area contributed by atoms with E-state index >= 15 is 0 Å². The summed E-state index contributed by atoms with van der Waals surface area (Å²) in [5, 5.41) is 0. The van der Waals surface area contributed by atoms with Crippen molar-refractivity contribution in [3.8, 4) is 0 Å². The number of halogens is 2. The normalized spacial score (nSPS) is 10.5. The molecule has 0 spiro atoms. The first-order valence-corrected chi connectivity index (χ1v) is 6.70. The van der Waals surface area contributed by atoms with Crippen molar-refractivity contribution in [3.63, 3.8) is 0 Å². The highest BCUT2D eigenvalue weighted by Gasteiger charge is 2.03. The smallest absolute Gasteiger partial charge is 0.125 e. The molecule has 1 aromatic heterocycles. The lowest BCUT2D eigenvalue weighted by atomic mass is 10.3. The predicted octanol–water partition coefficient (Wildman–Crippen LogP) is 3.86. The quantitative estimate of drug-likeness (QED) is 0.691. The van der Waals surface area contributed by atoms with Gasteiger partial charge in [-0.05, 0) is 45.8 Å². The third-order valence-corrected chi connectivity index (χ3v) is 3.72. The van der Waals surface area contributed by atoms with Crippen molar-refractivity contribution in [2.45, 2.75) is 10.6 Å². The fraction of sp³-hybridized carbons (Fsp3) is 0.0833. The largest absolute Gasteiger partial charge is 0.398 e. The van der Waals surface area contributed by atoms with Crippen molar-refractivity contribution < 1.29 is 4.39 Å². The zero-order valence-corrected chi connectivity index (χ0v) is 11.3. The first-order chi connectivity index (χ1) is 8.15. The summed E-state index contributed by atoms with van der Waals surface area (Å²) >= 11 is 4.93. The zero-order chi connectivity index (χ0) is 12.3. The maximum Gasteiger partial charge on any atom is 0.125 e. The number of hydrogen-bond donors (Lipinski definition) is 1. The van der Waals surface area contributed by atoms with E-state index in [9.17, 15) is 4.39 Å². The Balaban J connectivity index is 2.07. The molecular formula is C12H10BrFN2S. The Bertz CT molecular complexity index is 534. The lowest BCUT2D eigenvalue weighted by Gasteiger charge is -2.05. The third kappa shape index (κ3) is 3.44. The summed E-state index contributed by atoms with van der Waals surface area (Å²) in [6.45, 7) is 0. The number of thioether (sulfide) groups is 1. The SMILES string of the molecule is Nc1cc(F)ccc1SCc1cncc(Br)c1. The highest BCUT2D eigenvalue weighted by molar-refractivity contribution is 9.10. The van der Waals surface area contributed by atoms with Crippen LogP contribution < -0.4 is 5.73 Å². The molecule has 0 bridgehead atoms. The molecule has 1 aromatic carbocycles. The van der Waals surface area contributed by atoms with Gasteiger partial charge in [-0.3, -0.25) is 4.98 Å². The van der Waals surface area contributed by atoms with Gasteiger partial charge in [0.15, 0.2) is 0 Å². The average molecular weight is 313 g/mol. The Morgan fingerprint density at radius 2 is 2.12 bits per heavy atom. The van der Waals surface area contributed by atoms with Crippen LogP contribution in [0.4, 0.5) is 10.1 Å². The van der Waals surface area contributed by atoms with Crippen LogP contribution in [0, 0.1) is 5.82 Å². The second kappa shape index (κ2) is 5.51. The number of aromatic nitrogens is 1. The van der Waals surface area contributed by atoms with E-state index in [-0.39, 0.29) is 5.82 Å². The monoisotopic (exact) mass is 312 g/mol. The van der Waals surface area contributed by atoms with Crippen molar-refractivity contribution in [2.24, 2.45) is 0 Å². The summed E-state index contributed by atoms with van der Waals surface area (Å²) in [5.74, 6) is 0.443. The fourth-order valence-corrected chi connectivity index (χ4v) is 2.63.